The minimum Gasteiger partial charge on any atom is -0.481 e. The lowest BCUT2D eigenvalue weighted by Gasteiger charge is -2.32. The highest BCUT2D eigenvalue weighted by molar-refractivity contribution is 6.03. The molecule has 0 saturated carbocycles. The van der Waals surface area contributed by atoms with E-state index in [2.05, 4.69) is 0 Å². The minimum absolute atomic E-state index is 0.0625. The molecule has 0 rings (SSSR count). The van der Waals surface area contributed by atoms with Gasteiger partial charge in [-0.3, -0.25) is 14.4 Å². The van der Waals surface area contributed by atoms with Gasteiger partial charge in [0.2, 0.25) is 0 Å². The molecular weight excluding hydrogens is 276 g/mol. The van der Waals surface area contributed by atoms with Gasteiger partial charge in [0.1, 0.15) is 5.60 Å². The lowest BCUT2D eigenvalue weighted by Crippen LogP contribution is -2.47. The Bertz CT molecular complexity index is 393. The van der Waals surface area contributed by atoms with Crippen LogP contribution in [-0.4, -0.2) is 35.2 Å². The van der Waals surface area contributed by atoms with E-state index in [0.717, 1.165) is 0 Å². The molecule has 0 fully saturated rings. The summed E-state index contributed by atoms with van der Waals surface area (Å²) in [6.45, 7) is 10.3. The molecule has 0 heterocycles. The maximum Gasteiger partial charge on any atom is 0.324 e. The van der Waals surface area contributed by atoms with E-state index in [0.29, 0.717) is 0 Å². The van der Waals surface area contributed by atoms with Gasteiger partial charge in [-0.25, -0.2) is 0 Å². The van der Waals surface area contributed by atoms with Crippen molar-refractivity contribution in [2.24, 2.45) is 11.3 Å². The molecular formula is C15H26O6. The van der Waals surface area contributed by atoms with E-state index in [1.807, 2.05) is 0 Å². The second-order valence-corrected chi connectivity index (χ2v) is 6.47. The predicted molar refractivity (Wildman–Crippen MR) is 76.6 cm³/mol. The normalized spacial score (nSPS) is 14.4. The highest BCUT2D eigenvalue weighted by Gasteiger charge is 2.51. The van der Waals surface area contributed by atoms with Gasteiger partial charge >= 0.3 is 17.9 Å². The average Bonchev–Trinajstić information content (AvgIpc) is 2.24. The van der Waals surface area contributed by atoms with Crippen molar-refractivity contribution in [1.29, 1.82) is 0 Å². The van der Waals surface area contributed by atoms with Gasteiger partial charge in [-0.2, -0.15) is 0 Å². The summed E-state index contributed by atoms with van der Waals surface area (Å²) in [5, 5.41) is 9.11. The lowest BCUT2D eigenvalue weighted by molar-refractivity contribution is -0.184. The van der Waals surface area contributed by atoms with Gasteiger partial charge < -0.3 is 14.6 Å². The topological polar surface area (TPSA) is 89.9 Å². The Morgan fingerprint density at radius 3 is 1.95 bits per heavy atom. The molecule has 1 atom stereocenters. The van der Waals surface area contributed by atoms with Crippen molar-refractivity contribution in [2.45, 2.75) is 60.0 Å². The van der Waals surface area contributed by atoms with Crippen molar-refractivity contribution in [3.8, 4) is 0 Å². The first-order valence-electron chi connectivity index (χ1n) is 7.07. The summed E-state index contributed by atoms with van der Waals surface area (Å²) in [5.41, 5.74) is -2.62. The van der Waals surface area contributed by atoms with Crippen molar-refractivity contribution >= 4 is 17.9 Å². The number of carboxylic acids is 1. The first-order chi connectivity index (χ1) is 9.44. The molecule has 1 unspecified atom stereocenters. The molecule has 6 nitrogen and oxygen atoms in total. The first kappa shape index (κ1) is 19.4. The van der Waals surface area contributed by atoms with E-state index in [-0.39, 0.29) is 18.9 Å². The van der Waals surface area contributed by atoms with Crippen LogP contribution in [0, 0.1) is 11.3 Å². The molecule has 0 aliphatic carbocycles. The van der Waals surface area contributed by atoms with Crippen LogP contribution in [0.1, 0.15) is 54.4 Å². The maximum absolute atomic E-state index is 12.5. The Morgan fingerprint density at radius 1 is 1.10 bits per heavy atom. The monoisotopic (exact) mass is 302 g/mol. The van der Waals surface area contributed by atoms with Gasteiger partial charge in [0.05, 0.1) is 13.0 Å². The Labute approximate surface area is 125 Å². The summed E-state index contributed by atoms with van der Waals surface area (Å²) in [6, 6.07) is 0. The molecule has 0 bridgehead atoms. The van der Waals surface area contributed by atoms with Crippen LogP contribution in [0.25, 0.3) is 0 Å². The molecule has 0 aromatic rings. The average molecular weight is 302 g/mol. The van der Waals surface area contributed by atoms with Crippen molar-refractivity contribution in [3.05, 3.63) is 0 Å². The van der Waals surface area contributed by atoms with Crippen LogP contribution in [0.5, 0.6) is 0 Å². The standard InChI is InChI=1S/C15H26O6/c1-7-20-12(18)15(8-10(2)3,9-11(16)17)13(19)21-14(4,5)6/h10H,7-9H2,1-6H3,(H,16,17). The second-order valence-electron chi connectivity index (χ2n) is 6.47. The van der Waals surface area contributed by atoms with Gasteiger partial charge in [-0.05, 0) is 40.0 Å². The van der Waals surface area contributed by atoms with Crippen LogP contribution < -0.4 is 0 Å². The van der Waals surface area contributed by atoms with Crippen LogP contribution in [-0.2, 0) is 23.9 Å². The SMILES string of the molecule is CCOC(=O)C(CC(=O)O)(CC(C)C)C(=O)OC(C)(C)C. The molecule has 122 valence electrons. The summed E-state index contributed by atoms with van der Waals surface area (Å²) >= 11 is 0. The smallest absolute Gasteiger partial charge is 0.324 e. The highest BCUT2D eigenvalue weighted by atomic mass is 16.6. The Hall–Kier alpha value is -1.59. The predicted octanol–water partition coefficient (Wildman–Crippen LogP) is 2.40. The zero-order chi connectivity index (χ0) is 16.8. The van der Waals surface area contributed by atoms with Crippen LogP contribution >= 0.6 is 0 Å². The molecule has 0 spiro atoms. The zero-order valence-corrected chi connectivity index (χ0v) is 13.7. The number of carbonyl (C=O) groups excluding carboxylic acids is 2. The third-order valence-electron chi connectivity index (χ3n) is 2.67. The first-order valence-corrected chi connectivity index (χ1v) is 7.07. The second kappa shape index (κ2) is 7.43. The zero-order valence-electron chi connectivity index (χ0n) is 13.7. The third-order valence-corrected chi connectivity index (χ3v) is 2.67. The largest absolute Gasteiger partial charge is 0.481 e. The van der Waals surface area contributed by atoms with Crippen LogP contribution in [0.3, 0.4) is 0 Å². The van der Waals surface area contributed by atoms with Crippen molar-refractivity contribution < 1.29 is 29.0 Å². The third kappa shape index (κ3) is 6.14. The van der Waals surface area contributed by atoms with Crippen molar-refractivity contribution in [3.63, 3.8) is 0 Å². The van der Waals surface area contributed by atoms with E-state index >= 15 is 0 Å². The Kier molecular flexibility index (Phi) is 6.86. The summed E-state index contributed by atoms with van der Waals surface area (Å²) in [5.74, 6) is -2.99. The molecule has 0 saturated heterocycles. The number of rotatable bonds is 7. The number of carbonyl (C=O) groups is 3. The number of ether oxygens (including phenoxy) is 2. The van der Waals surface area contributed by atoms with Crippen LogP contribution in [0.2, 0.25) is 0 Å². The molecule has 0 aliphatic heterocycles. The molecule has 1 N–H and O–H groups in total. The summed E-state index contributed by atoms with van der Waals surface area (Å²) < 4.78 is 10.2. The number of carboxylic acid groups (broad SMARTS) is 1. The molecule has 0 aromatic heterocycles. The van der Waals surface area contributed by atoms with E-state index in [4.69, 9.17) is 14.6 Å². The number of aliphatic carboxylic acids is 1. The van der Waals surface area contributed by atoms with E-state index in [1.54, 1.807) is 41.5 Å². The number of hydrogen-bond acceptors (Lipinski definition) is 5. The fourth-order valence-corrected chi connectivity index (χ4v) is 2.07. The fourth-order valence-electron chi connectivity index (χ4n) is 2.07. The van der Waals surface area contributed by atoms with Gasteiger partial charge in [-0.15, -0.1) is 0 Å². The number of esters is 2. The molecule has 0 amide bonds. The fraction of sp³-hybridized carbons (Fsp3) is 0.800. The molecule has 0 aromatic carbocycles. The van der Waals surface area contributed by atoms with Gasteiger partial charge in [0, 0.05) is 0 Å². The van der Waals surface area contributed by atoms with E-state index < -0.39 is 35.3 Å². The highest BCUT2D eigenvalue weighted by Crippen LogP contribution is 2.35. The summed E-state index contributed by atoms with van der Waals surface area (Å²) in [6.07, 6.45) is -0.577. The quantitative estimate of drug-likeness (QED) is 0.573. The molecule has 6 heteroatoms. The van der Waals surface area contributed by atoms with Crippen LogP contribution in [0.4, 0.5) is 0 Å². The van der Waals surface area contributed by atoms with Crippen LogP contribution in [0.15, 0.2) is 0 Å². The molecule has 21 heavy (non-hydrogen) atoms. The Morgan fingerprint density at radius 2 is 1.62 bits per heavy atom. The van der Waals surface area contributed by atoms with E-state index in [1.165, 1.54) is 0 Å². The molecule has 0 radical (unpaired) electrons. The maximum atomic E-state index is 12.5. The number of hydrogen-bond donors (Lipinski definition) is 1. The van der Waals surface area contributed by atoms with Gasteiger partial charge in [-0.1, -0.05) is 13.8 Å². The minimum atomic E-state index is -1.80. The van der Waals surface area contributed by atoms with Crippen molar-refractivity contribution in [1.82, 2.24) is 0 Å². The lowest BCUT2D eigenvalue weighted by atomic mass is 9.77. The van der Waals surface area contributed by atoms with Gasteiger partial charge in [0.25, 0.3) is 0 Å². The van der Waals surface area contributed by atoms with Crippen molar-refractivity contribution in [2.75, 3.05) is 6.61 Å². The van der Waals surface area contributed by atoms with E-state index in [9.17, 15) is 14.4 Å². The summed E-state index contributed by atoms with van der Waals surface area (Å²) in [7, 11) is 0. The Balaban J connectivity index is 5.69. The van der Waals surface area contributed by atoms with Gasteiger partial charge in [0.15, 0.2) is 5.41 Å². The summed E-state index contributed by atoms with van der Waals surface area (Å²) in [4.78, 5) is 35.9. The molecule has 0 aliphatic rings.